The van der Waals surface area contributed by atoms with Crippen molar-refractivity contribution < 1.29 is 132 Å². The van der Waals surface area contributed by atoms with Gasteiger partial charge >= 0.3 is 103 Å². The van der Waals surface area contributed by atoms with Gasteiger partial charge in [-0.3, -0.25) is 0 Å². The van der Waals surface area contributed by atoms with Crippen LogP contribution in [0.5, 0.6) is 0 Å². The molecule has 0 aliphatic carbocycles. The van der Waals surface area contributed by atoms with Crippen LogP contribution in [0.3, 0.4) is 0 Å². The fraction of sp³-hybridized carbons (Fsp3) is 0.167. The second kappa shape index (κ2) is 10.9. The van der Waals surface area contributed by atoms with Crippen LogP contribution in [0, 0.1) is 0 Å². The summed E-state index contributed by atoms with van der Waals surface area (Å²) >= 11 is 0. The first-order valence-corrected chi connectivity index (χ1v) is 2.76. The number of carbonyl (C=O) groups is 3. The van der Waals surface area contributed by atoms with Gasteiger partial charge in [-0.05, 0) is 11.6 Å². The molecule has 0 aromatic heterocycles. The van der Waals surface area contributed by atoms with Crippen molar-refractivity contribution in [3.8, 4) is 0 Å². The first kappa shape index (κ1) is 20.8. The second-order valence-electron chi connectivity index (χ2n) is 1.82. The van der Waals surface area contributed by atoms with E-state index in [0.29, 0.717) is 0 Å². The maximum absolute atomic E-state index is 10.0. The van der Waals surface area contributed by atoms with Gasteiger partial charge in [0.05, 0.1) is 11.9 Å². The zero-order valence-electron chi connectivity index (χ0n) is 7.73. The Balaban J connectivity index is -0.000000605. The van der Waals surface area contributed by atoms with Crippen molar-refractivity contribution in [2.24, 2.45) is 0 Å². The van der Waals surface area contributed by atoms with Gasteiger partial charge in [0.15, 0.2) is 0 Å². The summed E-state index contributed by atoms with van der Waals surface area (Å²) in [5.74, 6) is -5.37. The molecule has 0 N–H and O–H groups in total. The van der Waals surface area contributed by atoms with Crippen LogP contribution in [0.4, 0.5) is 0 Å². The Kier molecular flexibility index (Phi) is 16.2. The summed E-state index contributed by atoms with van der Waals surface area (Å²) in [6, 6.07) is 0. The Hall–Kier alpha value is 1.42. The predicted molar refractivity (Wildman–Crippen MR) is 27.7 cm³/mol. The van der Waals surface area contributed by atoms with Gasteiger partial charge in [0.1, 0.15) is 0 Å². The molecule has 0 amide bonds. The predicted octanol–water partition coefficient (Wildman–Crippen LogP) is -10.4. The Morgan fingerprint density at radius 1 is 1.00 bits per heavy atom. The Morgan fingerprint density at radius 3 is 1.64 bits per heavy atom. The van der Waals surface area contributed by atoms with Gasteiger partial charge < -0.3 is 29.7 Å². The second-order valence-corrected chi connectivity index (χ2v) is 1.82. The van der Waals surface area contributed by atoms with Gasteiger partial charge in [-0.15, -0.1) is 0 Å². The normalized spacial score (nSPS) is 9.29. The van der Waals surface area contributed by atoms with Crippen molar-refractivity contribution in [2.45, 2.75) is 6.42 Å². The Bertz CT molecular complexity index is 259. The van der Waals surface area contributed by atoms with E-state index in [1.165, 1.54) is 0 Å². The summed E-state index contributed by atoms with van der Waals surface area (Å²) in [7, 11) is 0. The average Bonchev–Trinajstić information content (AvgIpc) is 1.83. The summed E-state index contributed by atoms with van der Waals surface area (Å²) in [6.07, 6.45) is -0.874. The van der Waals surface area contributed by atoms with Crippen LogP contribution in [-0.4, -0.2) is 17.9 Å². The first-order valence-electron chi connectivity index (χ1n) is 2.76. The van der Waals surface area contributed by atoms with Crippen LogP contribution in [0.15, 0.2) is 11.6 Å². The molecule has 0 aromatic carbocycles. The van der Waals surface area contributed by atoms with Crippen LogP contribution >= 0.6 is 0 Å². The number of aliphatic carboxylic acids is 3. The molecule has 0 atom stereocenters. The monoisotopic (exact) mass is 249 g/mol. The minimum atomic E-state index is -1.87. The van der Waals surface area contributed by atoms with Crippen molar-refractivity contribution >= 4 is 17.9 Å². The van der Waals surface area contributed by atoms with Crippen LogP contribution in [0.1, 0.15) is 6.42 Å². The van der Waals surface area contributed by atoms with Gasteiger partial charge in [-0.1, -0.05) is 0 Å². The quantitative estimate of drug-likeness (QED) is 0.360. The van der Waals surface area contributed by atoms with Crippen molar-refractivity contribution in [3.63, 3.8) is 0 Å². The van der Waals surface area contributed by atoms with Crippen molar-refractivity contribution in [1.82, 2.24) is 0 Å². The van der Waals surface area contributed by atoms with Gasteiger partial charge in [-0.2, -0.15) is 0 Å². The van der Waals surface area contributed by atoms with E-state index in [9.17, 15) is 29.7 Å². The Morgan fingerprint density at radius 2 is 1.43 bits per heavy atom. The van der Waals surface area contributed by atoms with E-state index in [-0.39, 0.29) is 109 Å². The van der Waals surface area contributed by atoms with Gasteiger partial charge in [0.25, 0.3) is 0 Å². The van der Waals surface area contributed by atoms with Crippen molar-refractivity contribution in [2.75, 3.05) is 0 Å². The smallest absolute Gasteiger partial charge is 0.550 e. The number of hydrogen-bond donors (Lipinski definition) is 0. The minimum absolute atomic E-state index is 0. The molecule has 0 aliphatic rings. The molecular formula is C6H3K2O6-. The van der Waals surface area contributed by atoms with E-state index < -0.39 is 29.9 Å². The van der Waals surface area contributed by atoms with Gasteiger partial charge in [0.2, 0.25) is 0 Å². The zero-order chi connectivity index (χ0) is 9.72. The topological polar surface area (TPSA) is 120 Å². The molecule has 0 bridgehead atoms. The molecule has 0 aliphatic heterocycles. The van der Waals surface area contributed by atoms with Crippen LogP contribution < -0.4 is 118 Å². The SMILES string of the molecule is O=C([O-])/C=C(/CC(=O)[O-])C(=O)[O-].[K+].[K+]. The summed E-state index contributed by atoms with van der Waals surface area (Å²) in [4.78, 5) is 29.7. The molecule has 6 nitrogen and oxygen atoms in total. The molecule has 8 heteroatoms. The van der Waals surface area contributed by atoms with E-state index in [1.54, 1.807) is 0 Å². The molecule has 0 rings (SSSR count). The van der Waals surface area contributed by atoms with Crippen LogP contribution in [0.2, 0.25) is 0 Å². The molecule has 14 heavy (non-hydrogen) atoms. The van der Waals surface area contributed by atoms with E-state index >= 15 is 0 Å². The molecule has 0 fully saturated rings. The number of hydrogen-bond acceptors (Lipinski definition) is 6. The van der Waals surface area contributed by atoms with Gasteiger partial charge in [0, 0.05) is 12.4 Å². The summed E-state index contributed by atoms with van der Waals surface area (Å²) in [5, 5.41) is 29.7. The molecule has 0 unspecified atom stereocenters. The zero-order valence-corrected chi connectivity index (χ0v) is 14.0. The van der Waals surface area contributed by atoms with Crippen LogP contribution in [-0.2, 0) is 14.4 Å². The fourth-order valence-electron chi connectivity index (χ4n) is 0.480. The summed E-state index contributed by atoms with van der Waals surface area (Å²) < 4.78 is 0. The van der Waals surface area contributed by atoms with E-state index in [2.05, 4.69) is 0 Å². The van der Waals surface area contributed by atoms with Gasteiger partial charge in [-0.25, -0.2) is 0 Å². The number of rotatable bonds is 4. The third-order valence-electron chi connectivity index (χ3n) is 0.889. The summed E-state index contributed by atoms with van der Waals surface area (Å²) in [6.45, 7) is 0. The molecular weight excluding hydrogens is 246 g/mol. The molecule has 0 aromatic rings. The van der Waals surface area contributed by atoms with E-state index in [4.69, 9.17) is 0 Å². The third kappa shape index (κ3) is 11.5. The van der Waals surface area contributed by atoms with E-state index in [1.807, 2.05) is 0 Å². The first-order chi connectivity index (χ1) is 5.43. The Labute approximate surface area is 165 Å². The van der Waals surface area contributed by atoms with Crippen LogP contribution in [0.25, 0.3) is 0 Å². The third-order valence-corrected chi connectivity index (χ3v) is 0.889. The van der Waals surface area contributed by atoms with Crippen molar-refractivity contribution in [1.29, 1.82) is 0 Å². The molecule has 0 saturated carbocycles. The maximum Gasteiger partial charge on any atom is 1.00 e. The fourth-order valence-corrected chi connectivity index (χ4v) is 0.480. The molecule has 0 heterocycles. The molecule has 0 saturated heterocycles. The standard InChI is InChI=1S/C6H6O6.2K/c7-4(8)1-3(6(11)12)2-5(9)10;;/h1H,2H2,(H,7,8)(H,9,10)(H,11,12);;/q;2*+1/p-3/b3-1-;;. The summed E-state index contributed by atoms with van der Waals surface area (Å²) in [5.41, 5.74) is -0.894. The maximum atomic E-state index is 10.0. The molecule has 66 valence electrons. The van der Waals surface area contributed by atoms with E-state index in [0.717, 1.165) is 0 Å². The largest absolute Gasteiger partial charge is 1.00 e. The number of carboxylic acid groups (broad SMARTS) is 3. The number of carboxylic acids is 3. The number of carbonyl (C=O) groups excluding carboxylic acids is 3. The van der Waals surface area contributed by atoms with Crippen molar-refractivity contribution in [3.05, 3.63) is 11.6 Å². The average molecular weight is 249 g/mol. The molecule has 0 radical (unpaired) electrons. The molecule has 0 spiro atoms. The minimum Gasteiger partial charge on any atom is -0.550 e.